The van der Waals surface area contributed by atoms with Crippen LogP contribution in [-0.2, 0) is 9.53 Å². The Labute approximate surface area is 109 Å². The van der Waals surface area contributed by atoms with Gasteiger partial charge in [-0.15, -0.1) is 0 Å². The van der Waals surface area contributed by atoms with Crippen molar-refractivity contribution >= 4 is 11.9 Å². The van der Waals surface area contributed by atoms with Gasteiger partial charge >= 0.3 is 11.9 Å². The van der Waals surface area contributed by atoms with Gasteiger partial charge in [0.05, 0.1) is 11.5 Å². The summed E-state index contributed by atoms with van der Waals surface area (Å²) >= 11 is 0. The zero-order chi connectivity index (χ0) is 15.5. The fourth-order valence-corrected chi connectivity index (χ4v) is 1.33. The number of hydrogen-bond donors (Lipinski definition) is 1. The predicted octanol–water partition coefficient (Wildman–Crippen LogP) is 2.83. The number of carboxylic acids is 1. The van der Waals surface area contributed by atoms with Gasteiger partial charge in [-0.05, 0) is 45.3 Å². The van der Waals surface area contributed by atoms with Crippen molar-refractivity contribution < 1.29 is 22.2 Å². The van der Waals surface area contributed by atoms with Crippen LogP contribution in [0.15, 0.2) is 24.3 Å². The van der Waals surface area contributed by atoms with Crippen LogP contribution in [0.4, 0.5) is 0 Å². The quantitative estimate of drug-likeness (QED) is 0.840. The minimum atomic E-state index is -1.43. The number of esters is 1. The fraction of sp³-hybridized carbons (Fsp3) is 0.429. The maximum atomic E-state index is 12.0. The van der Waals surface area contributed by atoms with Gasteiger partial charge in [-0.3, -0.25) is 4.79 Å². The third kappa shape index (κ3) is 3.87. The van der Waals surface area contributed by atoms with Gasteiger partial charge in [-0.2, -0.15) is 0 Å². The van der Waals surface area contributed by atoms with Crippen LogP contribution in [0.25, 0.3) is 0 Å². The van der Waals surface area contributed by atoms with E-state index in [1.54, 1.807) is 20.8 Å². The first-order valence-corrected chi connectivity index (χ1v) is 5.52. The third-order valence-electron chi connectivity index (χ3n) is 2.18. The second kappa shape index (κ2) is 5.21. The van der Waals surface area contributed by atoms with Crippen LogP contribution in [-0.4, -0.2) is 22.6 Å². The Morgan fingerprint density at radius 3 is 2.22 bits per heavy atom. The second-order valence-electron chi connectivity index (χ2n) is 4.94. The summed E-state index contributed by atoms with van der Waals surface area (Å²) in [6.07, 6.45) is 0. The number of carbonyl (C=O) groups excluding carboxylic acids is 1. The van der Waals surface area contributed by atoms with E-state index in [4.69, 9.17) is 12.6 Å². The van der Waals surface area contributed by atoms with E-state index in [0.29, 0.717) is 5.56 Å². The maximum absolute atomic E-state index is 12.0. The molecule has 4 heteroatoms. The number of hydrogen-bond acceptors (Lipinski definition) is 3. The Hall–Kier alpha value is -1.84. The summed E-state index contributed by atoms with van der Waals surface area (Å²) in [5.41, 5.74) is -0.215. The van der Waals surface area contributed by atoms with Crippen LogP contribution in [0.2, 0.25) is 0 Å². The van der Waals surface area contributed by atoms with Crippen molar-refractivity contribution in [1.29, 1.82) is 0 Å². The molecule has 0 amide bonds. The molecule has 1 aromatic carbocycles. The molecule has 1 unspecified atom stereocenters. The summed E-state index contributed by atoms with van der Waals surface area (Å²) in [6, 6.07) is 5.57. The van der Waals surface area contributed by atoms with Crippen molar-refractivity contribution in [3.63, 3.8) is 0 Å². The molecule has 0 aliphatic rings. The van der Waals surface area contributed by atoms with Gasteiger partial charge in [-0.25, -0.2) is 4.79 Å². The van der Waals surface area contributed by atoms with Crippen molar-refractivity contribution in [3.8, 4) is 0 Å². The maximum Gasteiger partial charge on any atom is 0.335 e. The van der Waals surface area contributed by atoms with Gasteiger partial charge in [0.2, 0.25) is 0 Å². The van der Waals surface area contributed by atoms with E-state index in [1.165, 1.54) is 24.3 Å². The minimum absolute atomic E-state index is 0.0863. The molecule has 0 aliphatic carbocycles. The first-order valence-electron chi connectivity index (χ1n) is 6.68. The van der Waals surface area contributed by atoms with Crippen LogP contribution >= 0.6 is 0 Å². The van der Waals surface area contributed by atoms with E-state index < -0.39 is 30.3 Å². The number of ether oxygens (including phenoxy) is 1. The molecular formula is C14H18O4. The smallest absolute Gasteiger partial charge is 0.335 e. The Morgan fingerprint density at radius 1 is 1.28 bits per heavy atom. The molecule has 0 aliphatic heterocycles. The Kier molecular flexibility index (Phi) is 3.26. The van der Waals surface area contributed by atoms with Gasteiger partial charge in [0.1, 0.15) is 5.60 Å². The van der Waals surface area contributed by atoms with Crippen molar-refractivity contribution in [3.05, 3.63) is 35.4 Å². The molecule has 18 heavy (non-hydrogen) atoms. The predicted molar refractivity (Wildman–Crippen MR) is 67.7 cm³/mol. The highest BCUT2D eigenvalue weighted by Crippen LogP contribution is 2.20. The Bertz CT molecular complexity index is 489. The van der Waals surface area contributed by atoms with E-state index in [1.807, 2.05) is 0 Å². The van der Waals surface area contributed by atoms with Crippen LogP contribution in [0.5, 0.6) is 0 Å². The molecular weight excluding hydrogens is 232 g/mol. The van der Waals surface area contributed by atoms with Crippen molar-refractivity contribution in [1.82, 2.24) is 0 Å². The molecule has 0 fully saturated rings. The van der Waals surface area contributed by atoms with Crippen LogP contribution in [0.1, 0.15) is 52.2 Å². The molecule has 1 rings (SSSR count). The Balaban J connectivity index is 3.02. The lowest BCUT2D eigenvalue weighted by Gasteiger charge is -2.22. The lowest BCUT2D eigenvalue weighted by molar-refractivity contribution is -0.156. The molecule has 0 radical (unpaired) electrons. The topological polar surface area (TPSA) is 63.6 Å². The molecule has 1 atom stereocenters. The minimum Gasteiger partial charge on any atom is -0.478 e. The molecule has 0 saturated heterocycles. The van der Waals surface area contributed by atoms with E-state index in [9.17, 15) is 9.59 Å². The second-order valence-corrected chi connectivity index (χ2v) is 4.94. The zero-order valence-electron chi connectivity index (χ0n) is 12.6. The van der Waals surface area contributed by atoms with E-state index in [0.717, 1.165) is 0 Å². The monoisotopic (exact) mass is 252 g/mol. The molecule has 0 saturated carbocycles. The molecule has 1 N–H and O–H groups in total. The number of carbonyl (C=O) groups is 2. The number of aromatic carboxylic acids is 1. The number of benzene rings is 1. The van der Waals surface area contributed by atoms with Gasteiger partial charge in [-0.1, -0.05) is 12.1 Å². The molecule has 0 bridgehead atoms. The van der Waals surface area contributed by atoms with Gasteiger partial charge in [0, 0.05) is 2.74 Å². The molecule has 4 nitrogen and oxygen atoms in total. The fourth-order valence-electron chi connectivity index (χ4n) is 1.33. The number of carboxylic acid groups (broad SMARTS) is 1. The van der Waals surface area contributed by atoms with Crippen LogP contribution in [0.3, 0.4) is 0 Å². The molecule has 0 aromatic heterocycles. The summed E-state index contributed by atoms with van der Waals surface area (Å²) in [5, 5.41) is 8.82. The average Bonchev–Trinajstić information content (AvgIpc) is 2.26. The largest absolute Gasteiger partial charge is 0.478 e. The van der Waals surface area contributed by atoms with Gasteiger partial charge in [0.25, 0.3) is 0 Å². The summed E-state index contributed by atoms with van der Waals surface area (Å²) in [6.45, 7) is 3.69. The van der Waals surface area contributed by atoms with Crippen LogP contribution in [0, 0.1) is 0 Å². The SMILES string of the molecule is [2H]C([2H])C(C(=O)OC(C)(C)C)c1ccc(C(=O)O)cc1. The molecule has 0 spiro atoms. The Morgan fingerprint density at radius 2 is 1.83 bits per heavy atom. The average molecular weight is 252 g/mol. The normalized spacial score (nSPS) is 14.7. The van der Waals surface area contributed by atoms with Gasteiger partial charge in [0.15, 0.2) is 0 Å². The van der Waals surface area contributed by atoms with E-state index in [2.05, 4.69) is 0 Å². The number of rotatable bonds is 3. The summed E-state index contributed by atoms with van der Waals surface area (Å²) in [5.74, 6) is -2.79. The summed E-state index contributed by atoms with van der Waals surface area (Å²) in [4.78, 5) is 22.8. The van der Waals surface area contributed by atoms with Crippen molar-refractivity contribution in [2.75, 3.05) is 0 Å². The first kappa shape index (κ1) is 11.3. The van der Waals surface area contributed by atoms with Gasteiger partial charge < -0.3 is 9.84 Å². The highest BCUT2D eigenvalue weighted by molar-refractivity contribution is 5.87. The third-order valence-corrected chi connectivity index (χ3v) is 2.18. The van der Waals surface area contributed by atoms with Crippen molar-refractivity contribution in [2.45, 2.75) is 39.2 Å². The van der Waals surface area contributed by atoms with Crippen molar-refractivity contribution in [2.24, 2.45) is 0 Å². The summed E-state index contributed by atoms with van der Waals surface area (Å²) < 4.78 is 20.2. The molecule has 1 aromatic rings. The lowest BCUT2D eigenvalue weighted by Crippen LogP contribution is -2.26. The standard InChI is InChI=1S/C14H18O4/c1-9(13(17)18-14(2,3)4)10-5-7-11(8-6-10)12(15)16/h5-9H,1-4H3,(H,15,16)/i1D2. The molecule has 0 heterocycles. The highest BCUT2D eigenvalue weighted by atomic mass is 16.6. The van der Waals surface area contributed by atoms with E-state index in [-0.39, 0.29) is 5.56 Å². The van der Waals surface area contributed by atoms with E-state index >= 15 is 0 Å². The lowest BCUT2D eigenvalue weighted by atomic mass is 9.99. The zero-order valence-corrected chi connectivity index (χ0v) is 10.6. The van der Waals surface area contributed by atoms with Crippen LogP contribution < -0.4 is 0 Å². The highest BCUT2D eigenvalue weighted by Gasteiger charge is 2.22. The summed E-state index contributed by atoms with van der Waals surface area (Å²) in [7, 11) is 0. The first-order chi connectivity index (χ1) is 9.11. The molecule has 98 valence electrons.